The maximum atomic E-state index is 13.5. The summed E-state index contributed by atoms with van der Waals surface area (Å²) in [5.41, 5.74) is 3.85. The summed E-state index contributed by atoms with van der Waals surface area (Å²) in [5, 5.41) is 9.39. The smallest absolute Gasteiger partial charge is 0.282 e. The fourth-order valence-electron chi connectivity index (χ4n) is 3.43. The van der Waals surface area contributed by atoms with Crippen LogP contribution in [0.1, 0.15) is 23.6 Å². The molecule has 0 atom stereocenters. The van der Waals surface area contributed by atoms with E-state index in [2.05, 4.69) is 0 Å². The van der Waals surface area contributed by atoms with E-state index in [1.54, 1.807) is 36.2 Å². The second-order valence-corrected chi connectivity index (χ2v) is 7.01. The van der Waals surface area contributed by atoms with E-state index in [-0.39, 0.29) is 18.8 Å². The molecule has 2 aromatic carbocycles. The molecule has 0 unspecified atom stereocenters. The van der Waals surface area contributed by atoms with Crippen molar-refractivity contribution in [2.75, 3.05) is 31.7 Å². The Bertz CT molecular complexity index is 981. The van der Waals surface area contributed by atoms with Crippen molar-refractivity contribution in [3.8, 4) is 5.75 Å². The number of aryl methyl sites for hydroxylation is 2. The number of hydrogen-bond donors (Lipinski definition) is 1. The topological polar surface area (TPSA) is 70.1 Å². The number of nitrogens with zero attached hydrogens (tertiary/aromatic N) is 2. The Morgan fingerprint density at radius 1 is 1.03 bits per heavy atom. The molecule has 2 aromatic rings. The van der Waals surface area contributed by atoms with Gasteiger partial charge >= 0.3 is 0 Å². The molecule has 2 amide bonds. The minimum Gasteiger partial charge on any atom is -0.492 e. The van der Waals surface area contributed by atoms with Crippen molar-refractivity contribution in [3.05, 3.63) is 64.9 Å². The third kappa shape index (κ3) is 3.76. The highest BCUT2D eigenvalue weighted by Crippen LogP contribution is 2.38. The summed E-state index contributed by atoms with van der Waals surface area (Å²) in [6.45, 7) is 6.35. The van der Waals surface area contributed by atoms with Crippen molar-refractivity contribution in [2.24, 2.45) is 0 Å². The van der Waals surface area contributed by atoms with Gasteiger partial charge in [0, 0.05) is 13.6 Å². The highest BCUT2D eigenvalue weighted by molar-refractivity contribution is 6.45. The summed E-state index contributed by atoms with van der Waals surface area (Å²) in [5.74, 6) is -0.348. The summed E-state index contributed by atoms with van der Waals surface area (Å²) in [4.78, 5) is 29.7. The van der Waals surface area contributed by atoms with Crippen LogP contribution in [0.5, 0.6) is 5.75 Å². The first-order valence-electron chi connectivity index (χ1n) is 9.65. The number of hydrogen-bond acceptors (Lipinski definition) is 5. The van der Waals surface area contributed by atoms with Gasteiger partial charge in [-0.3, -0.25) is 9.59 Å². The Morgan fingerprint density at radius 3 is 2.41 bits per heavy atom. The molecule has 1 N–H and O–H groups in total. The maximum Gasteiger partial charge on any atom is 0.282 e. The summed E-state index contributed by atoms with van der Waals surface area (Å²) in [7, 11) is 1.70. The molecule has 1 aliphatic heterocycles. The number of benzene rings is 2. The molecule has 0 spiro atoms. The number of carbonyl (C=O) groups excluding carboxylic acids is 2. The Morgan fingerprint density at radius 2 is 1.76 bits per heavy atom. The summed E-state index contributed by atoms with van der Waals surface area (Å²) < 4.78 is 5.65. The van der Waals surface area contributed by atoms with Crippen molar-refractivity contribution in [2.45, 2.75) is 20.8 Å². The number of carbonyl (C=O) groups is 2. The molecule has 0 saturated carbocycles. The number of anilines is 1. The number of aliphatic hydroxyl groups excluding tert-OH is 1. The molecule has 152 valence electrons. The van der Waals surface area contributed by atoms with Crippen molar-refractivity contribution in [1.29, 1.82) is 0 Å². The molecule has 1 heterocycles. The van der Waals surface area contributed by atoms with Gasteiger partial charge in [0.2, 0.25) is 0 Å². The summed E-state index contributed by atoms with van der Waals surface area (Å²) in [6, 6.07) is 12.7. The Labute approximate surface area is 171 Å². The fraction of sp³-hybridized carbons (Fsp3) is 0.304. The minimum absolute atomic E-state index is 0.128. The SMILES string of the molecule is CCOc1ccccc1N1C(=O)C(c2ccc(C)c(C)c2)=C(N(C)CCO)C1=O. The highest BCUT2D eigenvalue weighted by atomic mass is 16.5. The predicted octanol–water partition coefficient (Wildman–Crippen LogP) is 2.91. The van der Waals surface area contributed by atoms with Crippen LogP contribution in [0.2, 0.25) is 0 Å². The van der Waals surface area contributed by atoms with E-state index in [0.29, 0.717) is 29.2 Å². The summed E-state index contributed by atoms with van der Waals surface area (Å²) >= 11 is 0. The van der Waals surface area contributed by atoms with Crippen molar-refractivity contribution in [1.82, 2.24) is 4.90 Å². The standard InChI is InChI=1S/C23H26N2O4/c1-5-29-19-9-7-6-8-18(19)25-22(27)20(17-11-10-15(2)16(3)14-17)21(23(25)28)24(4)12-13-26/h6-11,14,26H,5,12-13H2,1-4H3. The van der Waals surface area contributed by atoms with Gasteiger partial charge in [0.1, 0.15) is 11.4 Å². The fourth-order valence-corrected chi connectivity index (χ4v) is 3.43. The third-order valence-corrected chi connectivity index (χ3v) is 5.08. The van der Waals surface area contributed by atoms with E-state index in [1.807, 2.05) is 39.0 Å². The van der Waals surface area contributed by atoms with Gasteiger partial charge < -0.3 is 14.7 Å². The van der Waals surface area contributed by atoms with E-state index in [1.165, 1.54) is 4.90 Å². The zero-order chi connectivity index (χ0) is 21.1. The Hall–Kier alpha value is -3.12. The highest BCUT2D eigenvalue weighted by Gasteiger charge is 2.42. The molecule has 29 heavy (non-hydrogen) atoms. The summed E-state index contributed by atoms with van der Waals surface area (Å²) in [6.07, 6.45) is 0. The lowest BCUT2D eigenvalue weighted by molar-refractivity contribution is -0.120. The van der Waals surface area contributed by atoms with Gasteiger partial charge in [-0.15, -0.1) is 0 Å². The molecule has 0 aliphatic carbocycles. The zero-order valence-corrected chi connectivity index (χ0v) is 17.2. The Balaban J connectivity index is 2.16. The van der Waals surface area contributed by atoms with Gasteiger partial charge in [0.05, 0.1) is 24.5 Å². The molecule has 3 rings (SSSR count). The minimum atomic E-state index is -0.425. The van der Waals surface area contributed by atoms with Crippen molar-refractivity contribution >= 4 is 23.1 Å². The number of imide groups is 1. The van der Waals surface area contributed by atoms with Gasteiger partial charge in [-0.1, -0.05) is 30.3 Å². The van der Waals surface area contributed by atoms with Crippen LogP contribution in [-0.4, -0.2) is 48.6 Å². The number of likely N-dealkylation sites (N-methyl/N-ethyl adjacent to an activating group) is 1. The molecule has 0 bridgehead atoms. The van der Waals surface area contributed by atoms with Crippen LogP contribution in [0.25, 0.3) is 5.57 Å². The molecule has 1 aliphatic rings. The van der Waals surface area contributed by atoms with Crippen LogP contribution in [0.15, 0.2) is 48.2 Å². The van der Waals surface area contributed by atoms with Crippen LogP contribution in [-0.2, 0) is 9.59 Å². The van der Waals surface area contributed by atoms with Crippen LogP contribution >= 0.6 is 0 Å². The lowest BCUT2D eigenvalue weighted by atomic mass is 9.99. The van der Waals surface area contributed by atoms with Crippen molar-refractivity contribution < 1.29 is 19.4 Å². The molecule has 0 saturated heterocycles. The van der Waals surface area contributed by atoms with E-state index < -0.39 is 11.8 Å². The first-order valence-corrected chi connectivity index (χ1v) is 9.65. The predicted molar refractivity (Wildman–Crippen MR) is 113 cm³/mol. The van der Waals surface area contributed by atoms with Gasteiger partial charge in [0.15, 0.2) is 0 Å². The lowest BCUT2D eigenvalue weighted by Crippen LogP contribution is -2.35. The maximum absolute atomic E-state index is 13.5. The average Bonchev–Trinajstić information content (AvgIpc) is 2.95. The van der Waals surface area contributed by atoms with E-state index >= 15 is 0 Å². The molecule has 6 nitrogen and oxygen atoms in total. The number of para-hydroxylation sites is 2. The van der Waals surface area contributed by atoms with Gasteiger partial charge in [-0.05, 0) is 49.6 Å². The van der Waals surface area contributed by atoms with Crippen LogP contribution in [0.3, 0.4) is 0 Å². The van der Waals surface area contributed by atoms with Crippen LogP contribution in [0.4, 0.5) is 5.69 Å². The van der Waals surface area contributed by atoms with Crippen LogP contribution < -0.4 is 9.64 Å². The average molecular weight is 394 g/mol. The monoisotopic (exact) mass is 394 g/mol. The first-order chi connectivity index (χ1) is 13.9. The van der Waals surface area contributed by atoms with E-state index in [9.17, 15) is 14.7 Å². The molecule has 0 radical (unpaired) electrons. The molecule has 6 heteroatoms. The Kier molecular flexibility index (Phi) is 6.03. The first kappa shape index (κ1) is 20.6. The number of amides is 2. The number of aliphatic hydroxyl groups is 1. The van der Waals surface area contributed by atoms with Crippen LogP contribution in [0, 0.1) is 13.8 Å². The quantitative estimate of drug-likeness (QED) is 0.732. The van der Waals surface area contributed by atoms with Gasteiger partial charge in [-0.2, -0.15) is 0 Å². The van der Waals surface area contributed by atoms with E-state index in [0.717, 1.165) is 11.1 Å². The normalized spacial score (nSPS) is 14.0. The third-order valence-electron chi connectivity index (χ3n) is 5.08. The molecule has 0 aromatic heterocycles. The molecular weight excluding hydrogens is 368 g/mol. The number of rotatable bonds is 7. The van der Waals surface area contributed by atoms with Gasteiger partial charge in [-0.25, -0.2) is 4.90 Å². The van der Waals surface area contributed by atoms with E-state index in [4.69, 9.17) is 4.74 Å². The second-order valence-electron chi connectivity index (χ2n) is 7.01. The molecular formula is C23H26N2O4. The molecule has 0 fully saturated rings. The van der Waals surface area contributed by atoms with Gasteiger partial charge in [0.25, 0.3) is 11.8 Å². The number of ether oxygens (including phenoxy) is 1. The zero-order valence-electron chi connectivity index (χ0n) is 17.2. The van der Waals surface area contributed by atoms with Crippen molar-refractivity contribution in [3.63, 3.8) is 0 Å². The largest absolute Gasteiger partial charge is 0.492 e. The second kappa shape index (κ2) is 8.49. The lowest BCUT2D eigenvalue weighted by Gasteiger charge is -2.21.